The molecule has 0 radical (unpaired) electrons. The first-order valence-electron chi connectivity index (χ1n) is 7.27. The highest BCUT2D eigenvalue weighted by atomic mass is 32.1. The fourth-order valence-electron chi connectivity index (χ4n) is 1.79. The van der Waals surface area contributed by atoms with Crippen LogP contribution in [0.1, 0.15) is 29.0 Å². The molecule has 2 amide bonds. The van der Waals surface area contributed by atoms with Crippen LogP contribution in [-0.4, -0.2) is 22.0 Å². The molecular formula is C15H15F3N4O2S. The predicted molar refractivity (Wildman–Crippen MR) is 85.8 cm³/mol. The van der Waals surface area contributed by atoms with Crippen molar-refractivity contribution in [1.29, 1.82) is 0 Å². The van der Waals surface area contributed by atoms with E-state index in [0.717, 1.165) is 11.1 Å². The average Bonchev–Trinajstić information content (AvgIpc) is 3.01. The molecule has 1 aromatic carbocycles. The van der Waals surface area contributed by atoms with Crippen LogP contribution < -0.4 is 10.6 Å². The van der Waals surface area contributed by atoms with Gasteiger partial charge in [0.05, 0.1) is 0 Å². The summed E-state index contributed by atoms with van der Waals surface area (Å²) in [6.45, 7) is 2.29. The first-order chi connectivity index (χ1) is 11.7. The third kappa shape index (κ3) is 6.14. The van der Waals surface area contributed by atoms with E-state index >= 15 is 0 Å². The summed E-state index contributed by atoms with van der Waals surface area (Å²) in [5.41, 5.74) is 2.04. The number of amides is 2. The number of halogens is 3. The minimum absolute atomic E-state index is 0.0807. The Morgan fingerprint density at radius 1 is 1.08 bits per heavy atom. The first kappa shape index (κ1) is 18.8. The van der Waals surface area contributed by atoms with Gasteiger partial charge in [-0.2, -0.15) is 13.2 Å². The number of benzene rings is 1. The Morgan fingerprint density at radius 2 is 1.72 bits per heavy atom. The molecule has 1 aromatic heterocycles. The van der Waals surface area contributed by atoms with Crippen molar-refractivity contribution in [2.75, 3.05) is 5.32 Å². The molecule has 1 heterocycles. The van der Waals surface area contributed by atoms with Crippen molar-refractivity contribution in [2.24, 2.45) is 0 Å². The molecule has 0 aliphatic carbocycles. The Labute approximate surface area is 145 Å². The number of hydrogen-bond acceptors (Lipinski definition) is 5. The van der Waals surface area contributed by atoms with Crippen molar-refractivity contribution in [3.63, 3.8) is 0 Å². The summed E-state index contributed by atoms with van der Waals surface area (Å²) >= 11 is 0.231. The maximum atomic E-state index is 12.4. The van der Waals surface area contributed by atoms with Gasteiger partial charge < -0.3 is 10.6 Å². The van der Waals surface area contributed by atoms with Crippen LogP contribution in [0, 0.1) is 6.92 Å². The molecule has 6 nitrogen and oxygen atoms in total. The van der Waals surface area contributed by atoms with Gasteiger partial charge in [-0.3, -0.25) is 9.59 Å². The van der Waals surface area contributed by atoms with E-state index in [-0.39, 0.29) is 35.2 Å². The Morgan fingerprint density at radius 3 is 2.32 bits per heavy atom. The first-order valence-corrected chi connectivity index (χ1v) is 8.08. The Balaban J connectivity index is 1.73. The van der Waals surface area contributed by atoms with Crippen LogP contribution in [0.5, 0.6) is 0 Å². The van der Waals surface area contributed by atoms with Gasteiger partial charge in [0, 0.05) is 19.4 Å². The van der Waals surface area contributed by atoms with E-state index in [9.17, 15) is 22.8 Å². The molecule has 0 aliphatic heterocycles. The zero-order valence-corrected chi connectivity index (χ0v) is 14.0. The molecule has 0 aliphatic rings. The van der Waals surface area contributed by atoms with Gasteiger partial charge in [0.15, 0.2) is 0 Å². The van der Waals surface area contributed by atoms with Gasteiger partial charge in [-0.25, -0.2) is 0 Å². The van der Waals surface area contributed by atoms with Crippen molar-refractivity contribution in [1.82, 2.24) is 15.5 Å². The normalized spacial score (nSPS) is 11.2. The van der Waals surface area contributed by atoms with E-state index in [1.807, 2.05) is 31.2 Å². The Bertz CT molecular complexity index is 744. The van der Waals surface area contributed by atoms with Crippen LogP contribution in [0.25, 0.3) is 0 Å². The number of hydrogen-bond donors (Lipinski definition) is 2. The number of carbonyl (C=O) groups excluding carboxylic acids is 2. The van der Waals surface area contributed by atoms with Gasteiger partial charge in [-0.05, 0) is 12.5 Å². The maximum Gasteiger partial charge on any atom is 0.445 e. The molecule has 0 saturated heterocycles. The van der Waals surface area contributed by atoms with Crippen molar-refractivity contribution in [3.8, 4) is 0 Å². The fraction of sp³-hybridized carbons (Fsp3) is 0.333. The van der Waals surface area contributed by atoms with E-state index in [0.29, 0.717) is 6.54 Å². The average molecular weight is 372 g/mol. The second-order valence-electron chi connectivity index (χ2n) is 5.22. The minimum Gasteiger partial charge on any atom is -0.352 e. The number of alkyl halides is 3. The number of carbonyl (C=O) groups is 2. The van der Waals surface area contributed by atoms with E-state index in [1.54, 1.807) is 0 Å². The second-order valence-corrected chi connectivity index (χ2v) is 6.20. The second kappa shape index (κ2) is 8.06. The van der Waals surface area contributed by atoms with Crippen molar-refractivity contribution in [3.05, 3.63) is 40.4 Å². The SMILES string of the molecule is Cc1ccc(CNC(=O)CCC(=O)Nc2nnc(C(F)(F)F)s2)cc1. The zero-order valence-electron chi connectivity index (χ0n) is 13.2. The van der Waals surface area contributed by atoms with Crippen LogP contribution in [-0.2, 0) is 22.3 Å². The smallest absolute Gasteiger partial charge is 0.352 e. The van der Waals surface area contributed by atoms with E-state index in [2.05, 4.69) is 20.8 Å². The number of rotatable bonds is 6. The Hall–Kier alpha value is -2.49. The molecular weight excluding hydrogens is 357 g/mol. The molecule has 2 N–H and O–H groups in total. The molecule has 0 atom stereocenters. The summed E-state index contributed by atoms with van der Waals surface area (Å²) in [5.74, 6) is -0.931. The third-order valence-electron chi connectivity index (χ3n) is 3.10. The fourth-order valence-corrected chi connectivity index (χ4v) is 2.42. The summed E-state index contributed by atoms with van der Waals surface area (Å²) in [6, 6.07) is 7.62. The number of nitrogens with zero attached hydrogens (tertiary/aromatic N) is 2. The quantitative estimate of drug-likeness (QED) is 0.817. The van der Waals surface area contributed by atoms with E-state index in [4.69, 9.17) is 0 Å². The highest BCUT2D eigenvalue weighted by Crippen LogP contribution is 2.32. The summed E-state index contributed by atoms with van der Waals surface area (Å²) in [6.07, 6.45) is -4.85. The van der Waals surface area contributed by atoms with Crippen molar-refractivity contribution < 1.29 is 22.8 Å². The highest BCUT2D eigenvalue weighted by Gasteiger charge is 2.35. The van der Waals surface area contributed by atoms with Gasteiger partial charge >= 0.3 is 6.18 Å². The largest absolute Gasteiger partial charge is 0.445 e. The monoisotopic (exact) mass is 372 g/mol. The van der Waals surface area contributed by atoms with Gasteiger partial charge in [-0.15, -0.1) is 10.2 Å². The maximum absolute atomic E-state index is 12.4. The van der Waals surface area contributed by atoms with Crippen LogP contribution in [0.2, 0.25) is 0 Å². The number of aromatic nitrogens is 2. The number of anilines is 1. The van der Waals surface area contributed by atoms with Crippen LogP contribution in [0.4, 0.5) is 18.3 Å². The molecule has 2 rings (SSSR count). The lowest BCUT2D eigenvalue weighted by Crippen LogP contribution is -2.24. The van der Waals surface area contributed by atoms with Crippen LogP contribution in [0.3, 0.4) is 0 Å². The van der Waals surface area contributed by atoms with E-state index in [1.165, 1.54) is 0 Å². The number of nitrogens with one attached hydrogen (secondary N) is 2. The van der Waals surface area contributed by atoms with Gasteiger partial charge in [0.2, 0.25) is 22.0 Å². The summed E-state index contributed by atoms with van der Waals surface area (Å²) in [5, 5.41) is 9.68. The zero-order chi connectivity index (χ0) is 18.4. The minimum atomic E-state index is -4.60. The van der Waals surface area contributed by atoms with Crippen LogP contribution >= 0.6 is 11.3 Å². The molecule has 0 spiro atoms. The van der Waals surface area contributed by atoms with E-state index < -0.39 is 17.1 Å². The highest BCUT2D eigenvalue weighted by molar-refractivity contribution is 7.15. The summed E-state index contributed by atoms with van der Waals surface area (Å²) in [7, 11) is 0. The Kier molecular flexibility index (Phi) is 6.07. The molecule has 0 saturated carbocycles. The molecule has 0 fully saturated rings. The molecule has 25 heavy (non-hydrogen) atoms. The standard InChI is InChI=1S/C15H15F3N4O2S/c1-9-2-4-10(5-3-9)8-19-11(23)6-7-12(24)20-14-22-21-13(25-14)15(16,17)18/h2-5H,6-8H2,1H3,(H,19,23)(H,20,22,24). The summed E-state index contributed by atoms with van der Waals surface area (Å²) < 4.78 is 37.1. The lowest BCUT2D eigenvalue weighted by Gasteiger charge is -2.05. The van der Waals surface area contributed by atoms with Crippen molar-refractivity contribution >= 4 is 28.3 Å². The van der Waals surface area contributed by atoms with Crippen LogP contribution in [0.15, 0.2) is 24.3 Å². The predicted octanol–water partition coefficient (Wildman–Crippen LogP) is 2.90. The third-order valence-corrected chi connectivity index (χ3v) is 3.99. The molecule has 0 unspecified atom stereocenters. The lowest BCUT2D eigenvalue weighted by molar-refractivity contribution is -0.138. The summed E-state index contributed by atoms with van der Waals surface area (Å²) in [4.78, 5) is 23.4. The molecule has 10 heteroatoms. The van der Waals surface area contributed by atoms with Gasteiger partial charge in [0.25, 0.3) is 0 Å². The molecule has 2 aromatic rings. The number of aryl methyl sites for hydroxylation is 1. The molecule has 0 bridgehead atoms. The lowest BCUT2D eigenvalue weighted by atomic mass is 10.1. The topological polar surface area (TPSA) is 84.0 Å². The van der Waals surface area contributed by atoms with Gasteiger partial charge in [0.1, 0.15) is 0 Å². The van der Waals surface area contributed by atoms with Gasteiger partial charge in [-0.1, -0.05) is 41.2 Å². The van der Waals surface area contributed by atoms with Crippen molar-refractivity contribution in [2.45, 2.75) is 32.5 Å². The molecule has 134 valence electrons.